The summed E-state index contributed by atoms with van der Waals surface area (Å²) in [6.07, 6.45) is 1.70. The van der Waals surface area contributed by atoms with E-state index in [1.54, 1.807) is 47.7 Å². The van der Waals surface area contributed by atoms with Crippen LogP contribution in [0.1, 0.15) is 27.4 Å². The second kappa shape index (κ2) is 6.79. The fourth-order valence-corrected chi connectivity index (χ4v) is 3.16. The lowest BCUT2D eigenvalue weighted by Gasteiger charge is -2.07. The lowest BCUT2D eigenvalue weighted by molar-refractivity contribution is 0.102. The van der Waals surface area contributed by atoms with Gasteiger partial charge in [-0.25, -0.2) is 4.39 Å². The molecule has 0 fully saturated rings. The molecule has 25 heavy (non-hydrogen) atoms. The first kappa shape index (κ1) is 17.3. The van der Waals surface area contributed by atoms with E-state index in [0.717, 1.165) is 5.69 Å². The van der Waals surface area contributed by atoms with Crippen LogP contribution in [0.15, 0.2) is 34.9 Å². The molecule has 0 aliphatic carbocycles. The molecule has 0 bridgehead atoms. The molecule has 0 spiro atoms. The number of hydrogen-bond donors (Lipinski definition) is 1. The van der Waals surface area contributed by atoms with E-state index >= 15 is 0 Å². The zero-order valence-electron chi connectivity index (χ0n) is 14.0. The number of carbonyl (C=O) groups excluding carboxylic acids is 1. The number of anilines is 1. The molecule has 0 atom stereocenters. The summed E-state index contributed by atoms with van der Waals surface area (Å²) in [4.78, 5) is 12.5. The number of benzene rings is 1. The van der Waals surface area contributed by atoms with Crippen LogP contribution in [0.25, 0.3) is 0 Å². The van der Waals surface area contributed by atoms with Gasteiger partial charge in [0.2, 0.25) is 0 Å². The molecule has 0 radical (unpaired) electrons. The maximum Gasteiger partial charge on any atom is 0.277 e. The maximum absolute atomic E-state index is 13.9. The van der Waals surface area contributed by atoms with Crippen LogP contribution in [0.2, 0.25) is 0 Å². The first-order valence-electron chi connectivity index (χ1n) is 7.64. The number of amides is 1. The second-order valence-corrected chi connectivity index (χ2v) is 6.60. The van der Waals surface area contributed by atoms with Crippen LogP contribution in [-0.4, -0.2) is 25.5 Å². The van der Waals surface area contributed by atoms with Gasteiger partial charge < -0.3 is 5.32 Å². The minimum atomic E-state index is -0.330. The first-order valence-corrected chi connectivity index (χ1v) is 8.44. The van der Waals surface area contributed by atoms with Crippen LogP contribution < -0.4 is 5.32 Å². The lowest BCUT2D eigenvalue weighted by Crippen LogP contribution is -2.15. The van der Waals surface area contributed by atoms with Crippen molar-refractivity contribution >= 4 is 27.5 Å². The number of nitrogens with zero attached hydrogens (tertiary/aromatic N) is 4. The molecule has 1 aromatic carbocycles. The summed E-state index contributed by atoms with van der Waals surface area (Å²) in [5, 5.41) is 11.4. The minimum absolute atomic E-state index is 0.280. The summed E-state index contributed by atoms with van der Waals surface area (Å²) in [5.74, 6) is -0.609. The van der Waals surface area contributed by atoms with Crippen molar-refractivity contribution in [2.45, 2.75) is 20.4 Å². The molecule has 0 unspecified atom stereocenters. The smallest absolute Gasteiger partial charge is 0.277 e. The van der Waals surface area contributed by atoms with Crippen molar-refractivity contribution in [3.05, 3.63) is 63.4 Å². The van der Waals surface area contributed by atoms with Crippen molar-refractivity contribution in [2.24, 2.45) is 7.05 Å². The van der Waals surface area contributed by atoms with E-state index < -0.39 is 0 Å². The normalized spacial score (nSPS) is 10.9. The predicted molar refractivity (Wildman–Crippen MR) is 96.1 cm³/mol. The highest BCUT2D eigenvalue weighted by atomic mass is 79.9. The molecule has 130 valence electrons. The Bertz CT molecular complexity index is 947. The zero-order chi connectivity index (χ0) is 18.1. The van der Waals surface area contributed by atoms with Gasteiger partial charge in [-0.15, -0.1) is 0 Å². The Balaban J connectivity index is 1.86. The van der Waals surface area contributed by atoms with Gasteiger partial charge in [0, 0.05) is 18.8 Å². The third-order valence-corrected chi connectivity index (χ3v) is 4.48. The molecule has 1 N–H and O–H groups in total. The quantitative estimate of drug-likeness (QED) is 0.722. The number of aryl methyl sites for hydroxylation is 2. The van der Waals surface area contributed by atoms with E-state index in [2.05, 4.69) is 31.4 Å². The molecule has 6 nitrogen and oxygen atoms in total. The fraction of sp³-hybridized carbons (Fsp3) is 0.235. The number of nitrogens with one attached hydrogen (secondary N) is 1. The van der Waals surface area contributed by atoms with Gasteiger partial charge in [-0.05, 0) is 35.8 Å². The number of hydrogen-bond acceptors (Lipinski definition) is 3. The number of halogens is 2. The summed E-state index contributed by atoms with van der Waals surface area (Å²) in [5.41, 5.74) is 2.86. The largest absolute Gasteiger partial charge is 0.317 e. The topological polar surface area (TPSA) is 64.7 Å². The van der Waals surface area contributed by atoms with E-state index in [-0.39, 0.29) is 11.7 Å². The Labute approximate surface area is 152 Å². The fourth-order valence-electron chi connectivity index (χ4n) is 2.61. The van der Waals surface area contributed by atoms with Gasteiger partial charge >= 0.3 is 0 Å². The Morgan fingerprint density at radius 1 is 1.28 bits per heavy atom. The third kappa shape index (κ3) is 3.48. The number of carbonyl (C=O) groups is 1. The third-order valence-electron chi connectivity index (χ3n) is 3.90. The van der Waals surface area contributed by atoms with Crippen molar-refractivity contribution in [3.63, 3.8) is 0 Å². The summed E-state index contributed by atoms with van der Waals surface area (Å²) >= 11 is 3.32. The molecule has 3 rings (SSSR count). The standard InChI is InChI=1S/C17H17BrFN5O/c1-10-15(20-17(25)16-13(18)9-23(3)22-16)11(2)24(21-10)8-12-6-4-5-7-14(12)19/h4-7,9H,8H2,1-3H3,(H,20,25). The van der Waals surface area contributed by atoms with Crippen molar-refractivity contribution < 1.29 is 9.18 Å². The Morgan fingerprint density at radius 2 is 2.00 bits per heavy atom. The summed E-state index contributed by atoms with van der Waals surface area (Å²) < 4.78 is 17.7. The molecule has 2 heterocycles. The number of rotatable bonds is 4. The van der Waals surface area contributed by atoms with Gasteiger partial charge in [0.15, 0.2) is 5.69 Å². The average Bonchev–Trinajstić information content (AvgIpc) is 3.03. The highest BCUT2D eigenvalue weighted by molar-refractivity contribution is 9.10. The highest BCUT2D eigenvalue weighted by Gasteiger charge is 2.19. The minimum Gasteiger partial charge on any atom is -0.317 e. The van der Waals surface area contributed by atoms with Gasteiger partial charge in [-0.1, -0.05) is 18.2 Å². The highest BCUT2D eigenvalue weighted by Crippen LogP contribution is 2.23. The molecule has 0 aliphatic heterocycles. The summed E-state index contributed by atoms with van der Waals surface area (Å²) in [7, 11) is 1.74. The Kier molecular flexibility index (Phi) is 4.71. The van der Waals surface area contributed by atoms with Gasteiger partial charge in [0.25, 0.3) is 5.91 Å². The molecule has 0 aliphatic rings. The zero-order valence-corrected chi connectivity index (χ0v) is 15.6. The van der Waals surface area contributed by atoms with E-state index in [1.807, 2.05) is 6.92 Å². The van der Waals surface area contributed by atoms with E-state index in [1.165, 1.54) is 6.07 Å². The van der Waals surface area contributed by atoms with Gasteiger partial charge in [-0.3, -0.25) is 14.2 Å². The van der Waals surface area contributed by atoms with Crippen molar-refractivity contribution in [3.8, 4) is 0 Å². The van der Waals surface area contributed by atoms with E-state index in [4.69, 9.17) is 0 Å². The average molecular weight is 406 g/mol. The predicted octanol–water partition coefficient (Wildman–Crippen LogP) is 3.44. The van der Waals surface area contributed by atoms with Crippen molar-refractivity contribution in [1.29, 1.82) is 0 Å². The van der Waals surface area contributed by atoms with E-state index in [9.17, 15) is 9.18 Å². The Morgan fingerprint density at radius 3 is 2.64 bits per heavy atom. The van der Waals surface area contributed by atoms with Crippen LogP contribution in [0.5, 0.6) is 0 Å². The molecular formula is C17H17BrFN5O. The van der Waals surface area contributed by atoms with Gasteiger partial charge in [-0.2, -0.15) is 10.2 Å². The van der Waals surface area contributed by atoms with Crippen molar-refractivity contribution in [2.75, 3.05) is 5.32 Å². The van der Waals surface area contributed by atoms with Crippen LogP contribution in [0.3, 0.4) is 0 Å². The van der Waals surface area contributed by atoms with Crippen LogP contribution >= 0.6 is 15.9 Å². The van der Waals surface area contributed by atoms with Crippen LogP contribution in [0.4, 0.5) is 10.1 Å². The molecule has 2 aromatic heterocycles. The van der Waals surface area contributed by atoms with Crippen LogP contribution in [-0.2, 0) is 13.6 Å². The molecule has 0 saturated heterocycles. The molecule has 0 saturated carbocycles. The van der Waals surface area contributed by atoms with Gasteiger partial charge in [0.1, 0.15) is 5.82 Å². The van der Waals surface area contributed by atoms with Crippen LogP contribution in [0, 0.1) is 19.7 Å². The van der Waals surface area contributed by atoms with E-state index in [0.29, 0.717) is 33.7 Å². The summed E-state index contributed by atoms with van der Waals surface area (Å²) in [6.45, 7) is 3.93. The second-order valence-electron chi connectivity index (χ2n) is 5.75. The molecule has 1 amide bonds. The Hall–Kier alpha value is -2.48. The molecule has 3 aromatic rings. The SMILES string of the molecule is Cc1nn(Cc2ccccc2F)c(C)c1NC(=O)c1nn(C)cc1Br. The first-order chi connectivity index (χ1) is 11.9. The monoisotopic (exact) mass is 405 g/mol. The summed E-state index contributed by atoms with van der Waals surface area (Å²) in [6, 6.07) is 6.57. The van der Waals surface area contributed by atoms with Gasteiger partial charge in [0.05, 0.1) is 28.1 Å². The molecular weight excluding hydrogens is 389 g/mol. The van der Waals surface area contributed by atoms with Crippen molar-refractivity contribution in [1.82, 2.24) is 19.6 Å². The lowest BCUT2D eigenvalue weighted by atomic mass is 10.2. The maximum atomic E-state index is 13.9. The molecule has 8 heteroatoms. The number of aromatic nitrogens is 4.